The first-order chi connectivity index (χ1) is 7.67. The molecule has 0 aromatic rings. The minimum Gasteiger partial charge on any atom is -0.465 e. The Morgan fingerprint density at radius 3 is 2.19 bits per heavy atom. The van der Waals surface area contributed by atoms with Crippen molar-refractivity contribution in [3.8, 4) is 0 Å². The Bertz CT molecular complexity index is 315. The number of carbonyl (C=O) groups excluding carboxylic acids is 2. The number of allylic oxidation sites excluding steroid dienone is 1. The van der Waals surface area contributed by atoms with Crippen LogP contribution < -0.4 is 0 Å². The zero-order valence-corrected chi connectivity index (χ0v) is 9.43. The van der Waals surface area contributed by atoms with Gasteiger partial charge in [0.05, 0.1) is 19.8 Å². The molecule has 1 aliphatic heterocycles. The average molecular weight is 225 g/mol. The van der Waals surface area contributed by atoms with Crippen molar-refractivity contribution in [1.82, 2.24) is 0 Å². The fourth-order valence-corrected chi connectivity index (χ4v) is 1.39. The zero-order chi connectivity index (χ0) is 12.0. The number of dihydropyridines is 1. The molecule has 88 valence electrons. The second kappa shape index (κ2) is 5.44. The van der Waals surface area contributed by atoms with Gasteiger partial charge in [-0.1, -0.05) is 6.08 Å². The number of carbonyl (C=O) groups is 2. The summed E-state index contributed by atoms with van der Waals surface area (Å²) < 4.78 is 9.77. The molecule has 0 fully saturated rings. The molecular formula is C11H15NO4. The monoisotopic (exact) mass is 225 g/mol. The molecule has 16 heavy (non-hydrogen) atoms. The highest BCUT2D eigenvalue weighted by Gasteiger charge is 2.47. The Kier molecular flexibility index (Phi) is 4.22. The molecule has 0 radical (unpaired) electrons. The van der Waals surface area contributed by atoms with Crippen LogP contribution in [0.3, 0.4) is 0 Å². The molecule has 0 aromatic heterocycles. The zero-order valence-electron chi connectivity index (χ0n) is 9.43. The standard InChI is InChI=1S/C11H15NO4/c1-3-15-9(13)11(10(14)16-4-2)6-5-7-12-8-11/h5-7H,3-4,8H2,1-2H3. The number of hydrogen-bond donors (Lipinski definition) is 0. The Hall–Kier alpha value is -1.65. The minimum absolute atomic E-state index is 0.0428. The van der Waals surface area contributed by atoms with E-state index in [4.69, 9.17) is 9.47 Å². The van der Waals surface area contributed by atoms with Crippen molar-refractivity contribution in [3.63, 3.8) is 0 Å². The van der Waals surface area contributed by atoms with E-state index in [-0.39, 0.29) is 19.8 Å². The van der Waals surface area contributed by atoms with Crippen LogP contribution in [0, 0.1) is 5.41 Å². The lowest BCUT2D eigenvalue weighted by Crippen LogP contribution is -2.44. The van der Waals surface area contributed by atoms with Gasteiger partial charge in [0.15, 0.2) is 0 Å². The van der Waals surface area contributed by atoms with Crippen LogP contribution in [0.15, 0.2) is 17.1 Å². The smallest absolute Gasteiger partial charge is 0.329 e. The molecule has 0 spiro atoms. The third-order valence-electron chi connectivity index (χ3n) is 2.19. The average Bonchev–Trinajstić information content (AvgIpc) is 2.30. The van der Waals surface area contributed by atoms with E-state index in [1.165, 1.54) is 12.3 Å². The van der Waals surface area contributed by atoms with Crippen molar-refractivity contribution in [2.75, 3.05) is 19.8 Å². The van der Waals surface area contributed by atoms with Gasteiger partial charge in [0.1, 0.15) is 0 Å². The second-order valence-electron chi connectivity index (χ2n) is 3.26. The van der Waals surface area contributed by atoms with Crippen LogP contribution in [0.1, 0.15) is 13.8 Å². The van der Waals surface area contributed by atoms with E-state index in [0.29, 0.717) is 0 Å². The summed E-state index contributed by atoms with van der Waals surface area (Å²) in [6, 6.07) is 0. The molecule has 0 unspecified atom stereocenters. The largest absolute Gasteiger partial charge is 0.465 e. The number of aliphatic imine (C=N–C) groups is 1. The third kappa shape index (κ3) is 2.29. The van der Waals surface area contributed by atoms with Gasteiger partial charge in [-0.2, -0.15) is 0 Å². The van der Waals surface area contributed by atoms with Gasteiger partial charge in [0, 0.05) is 6.21 Å². The van der Waals surface area contributed by atoms with Crippen LogP contribution in [-0.4, -0.2) is 37.9 Å². The Labute approximate surface area is 94.1 Å². The molecular weight excluding hydrogens is 210 g/mol. The van der Waals surface area contributed by atoms with Crippen molar-refractivity contribution in [3.05, 3.63) is 12.2 Å². The molecule has 0 atom stereocenters. The summed E-state index contributed by atoms with van der Waals surface area (Å²) in [5.74, 6) is -1.22. The summed E-state index contributed by atoms with van der Waals surface area (Å²) in [6.07, 6.45) is 4.57. The Morgan fingerprint density at radius 2 is 1.81 bits per heavy atom. The van der Waals surface area contributed by atoms with E-state index in [0.717, 1.165) is 0 Å². The molecule has 0 saturated heterocycles. The number of hydrogen-bond acceptors (Lipinski definition) is 5. The maximum Gasteiger partial charge on any atom is 0.329 e. The lowest BCUT2D eigenvalue weighted by atomic mass is 9.86. The first kappa shape index (κ1) is 12.4. The molecule has 5 heteroatoms. The molecule has 0 aliphatic carbocycles. The van der Waals surface area contributed by atoms with Gasteiger partial charge in [-0.05, 0) is 19.9 Å². The number of nitrogens with zero attached hydrogens (tertiary/aromatic N) is 1. The van der Waals surface area contributed by atoms with Crippen LogP contribution >= 0.6 is 0 Å². The minimum atomic E-state index is -1.40. The lowest BCUT2D eigenvalue weighted by Gasteiger charge is -2.25. The fraction of sp³-hybridized carbons (Fsp3) is 0.545. The van der Waals surface area contributed by atoms with E-state index in [9.17, 15) is 9.59 Å². The highest BCUT2D eigenvalue weighted by Crippen LogP contribution is 2.26. The first-order valence-corrected chi connectivity index (χ1v) is 5.19. The van der Waals surface area contributed by atoms with E-state index in [1.54, 1.807) is 19.9 Å². The molecule has 0 N–H and O–H groups in total. The van der Waals surface area contributed by atoms with Gasteiger partial charge in [-0.3, -0.25) is 14.6 Å². The van der Waals surface area contributed by atoms with Crippen molar-refractivity contribution in [2.45, 2.75) is 13.8 Å². The highest BCUT2D eigenvalue weighted by atomic mass is 16.6. The summed E-state index contributed by atoms with van der Waals surface area (Å²) >= 11 is 0. The quantitative estimate of drug-likeness (QED) is 0.523. The number of ether oxygens (including phenoxy) is 2. The predicted octanol–water partition coefficient (Wildman–Crippen LogP) is 0.740. The van der Waals surface area contributed by atoms with Crippen LogP contribution in [0.25, 0.3) is 0 Å². The first-order valence-electron chi connectivity index (χ1n) is 5.19. The predicted molar refractivity (Wildman–Crippen MR) is 58.2 cm³/mol. The van der Waals surface area contributed by atoms with Crippen molar-refractivity contribution in [1.29, 1.82) is 0 Å². The lowest BCUT2D eigenvalue weighted by molar-refractivity contribution is -0.167. The van der Waals surface area contributed by atoms with Gasteiger partial charge in [-0.15, -0.1) is 0 Å². The maximum absolute atomic E-state index is 11.8. The summed E-state index contributed by atoms with van der Waals surface area (Å²) in [6.45, 7) is 3.86. The number of esters is 2. The van der Waals surface area contributed by atoms with Crippen LogP contribution in [0.4, 0.5) is 0 Å². The molecule has 0 amide bonds. The summed E-state index contributed by atoms with van der Waals surface area (Å²) in [4.78, 5) is 27.5. The Balaban J connectivity index is 2.93. The molecule has 1 heterocycles. The molecule has 1 rings (SSSR count). The summed E-state index contributed by atoms with van der Waals surface area (Å²) in [5, 5.41) is 0. The molecule has 0 saturated carbocycles. The van der Waals surface area contributed by atoms with E-state index in [1.807, 2.05) is 0 Å². The van der Waals surface area contributed by atoms with Crippen LogP contribution in [0.2, 0.25) is 0 Å². The Morgan fingerprint density at radius 1 is 1.25 bits per heavy atom. The van der Waals surface area contributed by atoms with Crippen molar-refractivity contribution < 1.29 is 19.1 Å². The van der Waals surface area contributed by atoms with Crippen molar-refractivity contribution in [2.24, 2.45) is 10.4 Å². The summed E-state index contributed by atoms with van der Waals surface area (Å²) in [5.41, 5.74) is -1.40. The van der Waals surface area contributed by atoms with Gasteiger partial charge in [-0.25, -0.2) is 0 Å². The summed E-state index contributed by atoms with van der Waals surface area (Å²) in [7, 11) is 0. The van der Waals surface area contributed by atoms with E-state index >= 15 is 0 Å². The van der Waals surface area contributed by atoms with E-state index < -0.39 is 17.4 Å². The van der Waals surface area contributed by atoms with Gasteiger partial charge >= 0.3 is 11.9 Å². The van der Waals surface area contributed by atoms with Crippen molar-refractivity contribution >= 4 is 18.2 Å². The van der Waals surface area contributed by atoms with Gasteiger partial charge in [0.2, 0.25) is 5.41 Å². The SMILES string of the molecule is CCOC(=O)C1(C(=O)OCC)C=CC=NC1. The molecule has 0 bridgehead atoms. The van der Waals surface area contributed by atoms with Crippen LogP contribution in [-0.2, 0) is 19.1 Å². The third-order valence-corrected chi connectivity index (χ3v) is 2.19. The highest BCUT2D eigenvalue weighted by molar-refractivity contribution is 6.04. The van der Waals surface area contributed by atoms with Gasteiger partial charge < -0.3 is 9.47 Å². The van der Waals surface area contributed by atoms with Gasteiger partial charge in [0.25, 0.3) is 0 Å². The molecule has 1 aliphatic rings. The second-order valence-corrected chi connectivity index (χ2v) is 3.26. The van der Waals surface area contributed by atoms with Crippen LogP contribution in [0.5, 0.6) is 0 Å². The molecule has 0 aromatic carbocycles. The fourth-order valence-electron chi connectivity index (χ4n) is 1.39. The van der Waals surface area contributed by atoms with E-state index in [2.05, 4.69) is 4.99 Å². The topological polar surface area (TPSA) is 65.0 Å². The number of rotatable bonds is 4. The molecule has 5 nitrogen and oxygen atoms in total. The maximum atomic E-state index is 11.8. The normalized spacial score (nSPS) is 16.9.